The van der Waals surface area contributed by atoms with Crippen molar-refractivity contribution in [3.8, 4) is 0 Å². The molecule has 1 saturated heterocycles. The van der Waals surface area contributed by atoms with E-state index in [-0.39, 0.29) is 12.0 Å². The van der Waals surface area contributed by atoms with Crippen LogP contribution in [0.1, 0.15) is 31.9 Å². The zero-order chi connectivity index (χ0) is 20.1. The zero-order valence-corrected chi connectivity index (χ0v) is 15.5. The van der Waals surface area contributed by atoms with E-state index in [0.29, 0.717) is 22.9 Å². The third kappa shape index (κ3) is 3.00. The average Bonchev–Trinajstić information content (AvgIpc) is 3.48. The summed E-state index contributed by atoms with van der Waals surface area (Å²) in [5, 5.41) is 36.8. The van der Waals surface area contributed by atoms with Gasteiger partial charge in [0.25, 0.3) is 0 Å². The first-order chi connectivity index (χ1) is 14.1. The van der Waals surface area contributed by atoms with Crippen molar-refractivity contribution in [2.24, 2.45) is 17.0 Å². The summed E-state index contributed by atoms with van der Waals surface area (Å²) in [7, 11) is 0. The lowest BCUT2D eigenvalue weighted by atomic mass is 9.95. The molecule has 12 heteroatoms. The maximum atomic E-state index is 10.4. The molecule has 0 radical (unpaired) electrons. The van der Waals surface area contributed by atoms with E-state index in [1.807, 2.05) is 0 Å². The molecule has 1 aliphatic heterocycles. The lowest BCUT2D eigenvalue weighted by Gasteiger charge is -2.23. The Morgan fingerprint density at radius 2 is 2.14 bits per heavy atom. The second-order valence-corrected chi connectivity index (χ2v) is 8.04. The summed E-state index contributed by atoms with van der Waals surface area (Å²) in [6.45, 7) is -0.433. The number of azide groups is 1. The largest absolute Gasteiger partial charge is 0.394 e. The summed E-state index contributed by atoms with van der Waals surface area (Å²) < 4.78 is 7.05. The highest BCUT2D eigenvalue weighted by atomic mass is 16.6. The Balaban J connectivity index is 1.54. The maximum absolute atomic E-state index is 10.4. The molecule has 0 amide bonds. The average molecular weight is 402 g/mol. The number of fused-ring (bicyclic) bond motifs is 3. The van der Waals surface area contributed by atoms with Gasteiger partial charge in [0.1, 0.15) is 18.3 Å². The van der Waals surface area contributed by atoms with Crippen LogP contribution in [0.2, 0.25) is 0 Å². The van der Waals surface area contributed by atoms with Crippen molar-refractivity contribution in [2.45, 2.75) is 56.3 Å². The predicted octanol–water partition coefficient (Wildman–Crippen LogP) is 0.980. The molecule has 154 valence electrons. The molecule has 0 spiro atoms. The van der Waals surface area contributed by atoms with Crippen LogP contribution in [0.5, 0.6) is 0 Å². The van der Waals surface area contributed by atoms with Gasteiger partial charge in [-0.05, 0) is 41.7 Å². The number of anilines is 1. The van der Waals surface area contributed by atoms with E-state index in [1.165, 1.54) is 30.2 Å². The van der Waals surface area contributed by atoms with E-state index >= 15 is 0 Å². The Bertz CT molecular complexity index is 976. The highest BCUT2D eigenvalue weighted by Gasteiger charge is 2.44. The van der Waals surface area contributed by atoms with Crippen molar-refractivity contribution in [2.75, 3.05) is 11.9 Å². The number of imidazole rings is 1. The molecule has 3 heterocycles. The molecule has 5 rings (SSSR count). The number of aliphatic hydroxyl groups excluding tert-OH is 3. The number of hydrogen-bond acceptors (Lipinski definition) is 9. The highest BCUT2D eigenvalue weighted by Crippen LogP contribution is 2.46. The molecule has 2 aromatic heterocycles. The van der Waals surface area contributed by atoms with Gasteiger partial charge in [0.2, 0.25) is 5.95 Å². The van der Waals surface area contributed by atoms with Gasteiger partial charge in [-0.2, -0.15) is 0 Å². The zero-order valence-electron chi connectivity index (χ0n) is 15.5. The van der Waals surface area contributed by atoms with Crippen molar-refractivity contribution >= 4 is 22.9 Å². The highest BCUT2D eigenvalue weighted by molar-refractivity contribution is 5.84. The summed E-state index contributed by atoms with van der Waals surface area (Å²) in [6.07, 6.45) is 1.76. The van der Waals surface area contributed by atoms with Crippen LogP contribution in [-0.2, 0) is 4.74 Å². The first-order valence-corrected chi connectivity index (χ1v) is 9.77. The van der Waals surface area contributed by atoms with Gasteiger partial charge < -0.3 is 25.4 Å². The molecule has 2 saturated carbocycles. The SMILES string of the molecule is [N-]=[N+]=Nc1nc(NC2CC3CCC2C3)c2ncn([C@@H]3O[C@H](CO)[C@H](O)[C@@H]3O)c2n1. The summed E-state index contributed by atoms with van der Waals surface area (Å²) in [6, 6.07) is 0.282. The van der Waals surface area contributed by atoms with Crippen molar-refractivity contribution in [1.82, 2.24) is 19.5 Å². The van der Waals surface area contributed by atoms with Crippen LogP contribution in [0.4, 0.5) is 11.8 Å². The Morgan fingerprint density at radius 3 is 2.79 bits per heavy atom. The number of rotatable bonds is 5. The molecule has 29 heavy (non-hydrogen) atoms. The van der Waals surface area contributed by atoms with E-state index in [9.17, 15) is 15.3 Å². The molecule has 2 aromatic rings. The van der Waals surface area contributed by atoms with Gasteiger partial charge in [0.05, 0.1) is 12.9 Å². The van der Waals surface area contributed by atoms with Gasteiger partial charge in [-0.1, -0.05) is 6.42 Å². The van der Waals surface area contributed by atoms with Crippen molar-refractivity contribution in [1.29, 1.82) is 0 Å². The van der Waals surface area contributed by atoms with Gasteiger partial charge in [0, 0.05) is 11.0 Å². The smallest absolute Gasteiger partial charge is 0.220 e. The van der Waals surface area contributed by atoms with Crippen molar-refractivity contribution in [3.63, 3.8) is 0 Å². The minimum absolute atomic E-state index is 0.0702. The summed E-state index contributed by atoms with van der Waals surface area (Å²) in [5.74, 6) is 1.73. The molecule has 3 aliphatic rings. The van der Waals surface area contributed by atoms with Gasteiger partial charge >= 0.3 is 0 Å². The molecule has 3 fully saturated rings. The number of aromatic nitrogens is 4. The lowest BCUT2D eigenvalue weighted by molar-refractivity contribution is -0.0511. The summed E-state index contributed by atoms with van der Waals surface area (Å²) in [5.41, 5.74) is 9.61. The topological polar surface area (TPSA) is 174 Å². The number of nitrogens with zero attached hydrogens (tertiary/aromatic N) is 7. The third-order valence-electron chi connectivity index (χ3n) is 6.40. The van der Waals surface area contributed by atoms with Gasteiger partial charge in [0.15, 0.2) is 23.2 Å². The van der Waals surface area contributed by atoms with Crippen LogP contribution in [-0.4, -0.2) is 65.8 Å². The molecule has 4 N–H and O–H groups in total. The molecule has 7 atom stereocenters. The first-order valence-electron chi connectivity index (χ1n) is 9.77. The predicted molar refractivity (Wildman–Crippen MR) is 100.0 cm³/mol. The number of hydrogen-bond donors (Lipinski definition) is 4. The van der Waals surface area contributed by atoms with Crippen LogP contribution in [0.3, 0.4) is 0 Å². The fraction of sp³-hybridized carbons (Fsp3) is 0.706. The van der Waals surface area contributed by atoms with E-state index in [0.717, 1.165) is 12.3 Å². The van der Waals surface area contributed by atoms with Crippen LogP contribution in [0.15, 0.2) is 11.4 Å². The molecular weight excluding hydrogens is 380 g/mol. The third-order valence-corrected chi connectivity index (χ3v) is 6.40. The van der Waals surface area contributed by atoms with E-state index in [2.05, 4.69) is 30.3 Å². The van der Waals surface area contributed by atoms with E-state index in [1.54, 1.807) is 0 Å². The molecule has 2 bridgehead atoms. The van der Waals surface area contributed by atoms with Gasteiger partial charge in [-0.25, -0.2) is 15.0 Å². The Labute approximate surface area is 165 Å². The van der Waals surface area contributed by atoms with E-state index in [4.69, 9.17) is 10.3 Å². The fourth-order valence-electron chi connectivity index (χ4n) is 4.98. The van der Waals surface area contributed by atoms with Gasteiger partial charge in [-0.15, -0.1) is 0 Å². The molecule has 2 aliphatic carbocycles. The van der Waals surface area contributed by atoms with Crippen molar-refractivity contribution in [3.05, 3.63) is 16.8 Å². The quantitative estimate of drug-likeness (QED) is 0.325. The summed E-state index contributed by atoms with van der Waals surface area (Å²) in [4.78, 5) is 15.7. The molecule has 3 unspecified atom stereocenters. The minimum Gasteiger partial charge on any atom is -0.394 e. The number of aliphatic hydroxyl groups is 3. The van der Waals surface area contributed by atoms with Crippen LogP contribution in [0, 0.1) is 11.8 Å². The van der Waals surface area contributed by atoms with Crippen molar-refractivity contribution < 1.29 is 20.1 Å². The standard InChI is InChI=1S/C17H22N8O4/c18-24-23-17-21-14(20-9-4-7-1-2-8(9)3-7)11-15(22-17)25(6-19-11)16-13(28)12(27)10(5-26)29-16/h6-10,12-13,16,26-28H,1-5H2,(H,20,21,22)/t7?,8?,9?,10-,12+,13+,16-/m1/s1. The Hall–Kier alpha value is -2.50. The summed E-state index contributed by atoms with van der Waals surface area (Å²) >= 11 is 0. The van der Waals surface area contributed by atoms with Gasteiger partial charge in [-0.3, -0.25) is 4.57 Å². The molecule has 0 aromatic carbocycles. The van der Waals surface area contributed by atoms with Crippen LogP contribution < -0.4 is 5.32 Å². The second-order valence-electron chi connectivity index (χ2n) is 8.04. The minimum atomic E-state index is -1.27. The number of ether oxygens (including phenoxy) is 1. The Morgan fingerprint density at radius 1 is 1.28 bits per heavy atom. The lowest BCUT2D eigenvalue weighted by Crippen LogP contribution is -2.33. The second kappa shape index (κ2) is 7.08. The molecule has 12 nitrogen and oxygen atoms in total. The van der Waals surface area contributed by atoms with E-state index < -0.39 is 31.1 Å². The van der Waals surface area contributed by atoms with Crippen LogP contribution in [0.25, 0.3) is 21.6 Å². The maximum Gasteiger partial charge on any atom is 0.220 e. The van der Waals surface area contributed by atoms with Crippen LogP contribution >= 0.6 is 0 Å². The molecular formula is C17H22N8O4. The normalized spacial score (nSPS) is 35.9. The number of nitrogens with one attached hydrogen (secondary N) is 1. The fourth-order valence-corrected chi connectivity index (χ4v) is 4.98. The first kappa shape index (κ1) is 18.5. The Kier molecular flexibility index (Phi) is 4.52. The monoisotopic (exact) mass is 402 g/mol.